The number of aliphatic carboxylic acids is 1. The molecule has 3 aromatic rings. The highest BCUT2D eigenvalue weighted by Gasteiger charge is 2.15. The lowest BCUT2D eigenvalue weighted by atomic mass is 10.3. The molecule has 1 aromatic carbocycles. The molecule has 0 atom stereocenters. The molecule has 0 saturated heterocycles. The smallest absolute Gasteiger partial charge is 0.313 e. The van der Waals surface area contributed by atoms with Gasteiger partial charge in [0.15, 0.2) is 11.0 Å². The normalized spacial score (nSPS) is 11.1. The molecule has 21 heavy (non-hydrogen) atoms. The van der Waals surface area contributed by atoms with E-state index in [1.165, 1.54) is 6.07 Å². The van der Waals surface area contributed by atoms with Gasteiger partial charge >= 0.3 is 5.97 Å². The molecule has 4 nitrogen and oxygen atoms in total. The molecule has 1 N–H and O–H groups in total. The zero-order valence-electron chi connectivity index (χ0n) is 10.8. The maximum absolute atomic E-state index is 13.9. The molecule has 0 spiro atoms. The Morgan fingerprint density at radius 1 is 1.43 bits per heavy atom. The molecule has 2 aromatic heterocycles. The topological polar surface area (TPSA) is 55.1 Å². The predicted molar refractivity (Wildman–Crippen MR) is 81.5 cm³/mol. The van der Waals surface area contributed by atoms with Crippen LogP contribution < -0.4 is 0 Å². The molecule has 0 fully saturated rings. The minimum atomic E-state index is -0.922. The number of hydrogen-bond acceptors (Lipinski definition) is 4. The summed E-state index contributed by atoms with van der Waals surface area (Å²) < 4.78 is 15.7. The highest BCUT2D eigenvalue weighted by molar-refractivity contribution is 7.99. The number of imidazole rings is 1. The van der Waals surface area contributed by atoms with E-state index in [0.717, 1.165) is 17.3 Å². The Kier molecular flexibility index (Phi) is 3.94. The van der Waals surface area contributed by atoms with Crippen LogP contribution in [0.15, 0.2) is 40.2 Å². The van der Waals surface area contributed by atoms with Crippen LogP contribution in [-0.4, -0.2) is 26.4 Å². The first-order valence-electron chi connectivity index (χ1n) is 6.15. The molecule has 0 aliphatic rings. The highest BCUT2D eigenvalue weighted by atomic mass is 32.2. The van der Waals surface area contributed by atoms with Crippen molar-refractivity contribution in [1.29, 1.82) is 0 Å². The van der Waals surface area contributed by atoms with Crippen molar-refractivity contribution >= 4 is 40.1 Å². The second-order valence-electron chi connectivity index (χ2n) is 4.40. The van der Waals surface area contributed by atoms with Crippen molar-refractivity contribution in [1.82, 2.24) is 9.55 Å². The van der Waals surface area contributed by atoms with Gasteiger partial charge < -0.3 is 9.67 Å². The fourth-order valence-electron chi connectivity index (χ4n) is 2.05. The van der Waals surface area contributed by atoms with E-state index >= 15 is 0 Å². The minimum Gasteiger partial charge on any atom is -0.481 e. The van der Waals surface area contributed by atoms with Crippen molar-refractivity contribution in [3.8, 4) is 0 Å². The second kappa shape index (κ2) is 5.87. The lowest BCUT2D eigenvalue weighted by molar-refractivity contribution is -0.133. The third kappa shape index (κ3) is 2.93. The number of carboxylic acids is 1. The first kappa shape index (κ1) is 14.1. The maximum Gasteiger partial charge on any atom is 0.313 e. The number of rotatable bonds is 5. The molecule has 2 heterocycles. The average molecular weight is 322 g/mol. The molecule has 0 bridgehead atoms. The van der Waals surface area contributed by atoms with Gasteiger partial charge in [0.2, 0.25) is 0 Å². The summed E-state index contributed by atoms with van der Waals surface area (Å²) in [5, 5.41) is 13.3. The van der Waals surface area contributed by atoms with Gasteiger partial charge in [-0.25, -0.2) is 9.37 Å². The Morgan fingerprint density at radius 3 is 3.00 bits per heavy atom. The van der Waals surface area contributed by atoms with Gasteiger partial charge in [0.25, 0.3) is 0 Å². The van der Waals surface area contributed by atoms with Gasteiger partial charge in [-0.1, -0.05) is 17.8 Å². The van der Waals surface area contributed by atoms with Gasteiger partial charge in [-0.05, 0) is 34.5 Å². The van der Waals surface area contributed by atoms with E-state index in [1.54, 1.807) is 23.5 Å². The number of para-hydroxylation sites is 1. The number of carboxylic acid groups (broad SMARTS) is 1. The molecule has 3 rings (SSSR count). The van der Waals surface area contributed by atoms with Crippen LogP contribution in [0.4, 0.5) is 4.39 Å². The quantitative estimate of drug-likeness (QED) is 0.731. The van der Waals surface area contributed by atoms with Crippen LogP contribution in [0, 0.1) is 5.82 Å². The Morgan fingerprint density at radius 2 is 2.29 bits per heavy atom. The zero-order chi connectivity index (χ0) is 14.8. The number of hydrogen-bond donors (Lipinski definition) is 1. The van der Waals surface area contributed by atoms with Gasteiger partial charge in [0, 0.05) is 0 Å². The lowest BCUT2D eigenvalue weighted by Gasteiger charge is -2.06. The van der Waals surface area contributed by atoms with Crippen LogP contribution in [-0.2, 0) is 11.3 Å². The third-order valence-electron chi connectivity index (χ3n) is 2.94. The number of aromatic nitrogens is 2. The first-order chi connectivity index (χ1) is 10.1. The molecular weight excluding hydrogens is 311 g/mol. The number of carbonyl (C=O) groups is 1. The Hall–Kier alpha value is -1.86. The number of nitrogens with zero attached hydrogens (tertiary/aromatic N) is 2. The van der Waals surface area contributed by atoms with E-state index in [0.29, 0.717) is 17.2 Å². The Labute approximate surface area is 128 Å². The summed E-state index contributed by atoms with van der Waals surface area (Å²) in [6.07, 6.45) is 0. The molecule has 0 aliphatic heterocycles. The number of benzene rings is 1. The molecule has 0 amide bonds. The Balaban J connectivity index is 2.06. The van der Waals surface area contributed by atoms with Gasteiger partial charge in [0.05, 0.1) is 17.8 Å². The third-order valence-corrected chi connectivity index (χ3v) is 4.63. The van der Waals surface area contributed by atoms with Crippen LogP contribution in [0.5, 0.6) is 0 Å². The molecule has 0 unspecified atom stereocenters. The van der Waals surface area contributed by atoms with E-state index in [-0.39, 0.29) is 11.3 Å². The van der Waals surface area contributed by atoms with Crippen molar-refractivity contribution in [3.05, 3.63) is 46.4 Å². The largest absolute Gasteiger partial charge is 0.481 e. The fourth-order valence-corrected chi connectivity index (χ4v) is 3.43. The minimum absolute atomic E-state index is 0.103. The molecule has 108 valence electrons. The predicted octanol–water partition coefficient (Wildman–Crippen LogP) is 3.46. The van der Waals surface area contributed by atoms with Gasteiger partial charge in [0.1, 0.15) is 5.52 Å². The molecule has 0 aliphatic carbocycles. The van der Waals surface area contributed by atoms with Crippen molar-refractivity contribution in [3.63, 3.8) is 0 Å². The number of thioether (sulfide) groups is 1. The highest BCUT2D eigenvalue weighted by Crippen LogP contribution is 2.27. The van der Waals surface area contributed by atoms with E-state index < -0.39 is 11.8 Å². The zero-order valence-corrected chi connectivity index (χ0v) is 12.5. The van der Waals surface area contributed by atoms with Crippen LogP contribution in [0.1, 0.15) is 5.56 Å². The number of fused-ring (bicyclic) bond motifs is 1. The molecule has 7 heteroatoms. The SMILES string of the molecule is O=C(O)CSc1nc2c(F)cccc2n1Cc1ccsc1. The molecular formula is C14H11FN2O2S2. The van der Waals surface area contributed by atoms with Gasteiger partial charge in [-0.2, -0.15) is 11.3 Å². The lowest BCUT2D eigenvalue weighted by Crippen LogP contribution is -2.04. The van der Waals surface area contributed by atoms with Crippen molar-refractivity contribution in [2.75, 3.05) is 5.75 Å². The summed E-state index contributed by atoms with van der Waals surface area (Å²) in [4.78, 5) is 15.0. The van der Waals surface area contributed by atoms with Crippen molar-refractivity contribution < 1.29 is 14.3 Å². The average Bonchev–Trinajstić information content (AvgIpc) is 3.07. The summed E-state index contributed by atoms with van der Waals surface area (Å²) in [5.41, 5.74) is 2.04. The van der Waals surface area contributed by atoms with E-state index in [9.17, 15) is 9.18 Å². The van der Waals surface area contributed by atoms with E-state index in [2.05, 4.69) is 4.98 Å². The van der Waals surface area contributed by atoms with E-state index in [4.69, 9.17) is 5.11 Å². The second-order valence-corrected chi connectivity index (χ2v) is 6.12. The van der Waals surface area contributed by atoms with Crippen LogP contribution in [0.25, 0.3) is 11.0 Å². The summed E-state index contributed by atoms with van der Waals surface area (Å²) in [6.45, 7) is 0.547. The summed E-state index contributed by atoms with van der Waals surface area (Å²) in [5.74, 6) is -1.42. The van der Waals surface area contributed by atoms with Gasteiger partial charge in [-0.15, -0.1) is 0 Å². The monoisotopic (exact) mass is 322 g/mol. The molecule has 0 saturated carbocycles. The van der Waals surface area contributed by atoms with Crippen LogP contribution in [0.2, 0.25) is 0 Å². The van der Waals surface area contributed by atoms with Crippen molar-refractivity contribution in [2.45, 2.75) is 11.7 Å². The van der Waals surface area contributed by atoms with Crippen molar-refractivity contribution in [2.24, 2.45) is 0 Å². The van der Waals surface area contributed by atoms with Crippen LogP contribution in [0.3, 0.4) is 0 Å². The number of thiophene rings is 1. The first-order valence-corrected chi connectivity index (χ1v) is 8.08. The van der Waals surface area contributed by atoms with Crippen LogP contribution >= 0.6 is 23.1 Å². The Bertz CT molecular complexity index is 784. The fraction of sp³-hybridized carbons (Fsp3) is 0.143. The summed E-state index contributed by atoms with van der Waals surface area (Å²) in [6, 6.07) is 6.77. The summed E-state index contributed by atoms with van der Waals surface area (Å²) >= 11 is 2.69. The summed E-state index contributed by atoms with van der Waals surface area (Å²) in [7, 11) is 0. The standard InChI is InChI=1S/C14H11FN2O2S2/c15-10-2-1-3-11-13(10)16-14(21-8-12(18)19)17(11)6-9-4-5-20-7-9/h1-5,7H,6,8H2,(H,18,19). The van der Waals surface area contributed by atoms with E-state index in [1.807, 2.05) is 21.4 Å². The van der Waals surface area contributed by atoms with Gasteiger partial charge in [-0.3, -0.25) is 4.79 Å². The molecule has 0 radical (unpaired) electrons. The maximum atomic E-state index is 13.9. The number of halogens is 1.